The van der Waals surface area contributed by atoms with Crippen molar-refractivity contribution in [2.24, 2.45) is 0 Å². The smallest absolute Gasteiger partial charge is 0.237 e. The molecule has 134 valence electrons. The normalized spacial score (nSPS) is 11.9. The van der Waals surface area contributed by atoms with Crippen molar-refractivity contribution in [3.05, 3.63) is 54.4 Å². The van der Waals surface area contributed by atoms with Crippen LogP contribution in [0.5, 0.6) is 5.75 Å². The Morgan fingerprint density at radius 1 is 1.19 bits per heavy atom. The zero-order valence-electron chi connectivity index (χ0n) is 14.6. The van der Waals surface area contributed by atoms with E-state index in [0.717, 1.165) is 22.3 Å². The van der Waals surface area contributed by atoms with Gasteiger partial charge in [-0.15, -0.1) is 11.8 Å². The third-order valence-corrected chi connectivity index (χ3v) is 5.01. The minimum atomic E-state index is -0.256. The van der Waals surface area contributed by atoms with Crippen molar-refractivity contribution in [3.8, 4) is 5.75 Å². The first-order chi connectivity index (χ1) is 12.6. The van der Waals surface area contributed by atoms with Crippen LogP contribution in [0.4, 0.5) is 11.5 Å². The number of carbonyl (C=O) groups excluding carboxylic acids is 1. The first-order valence-corrected chi connectivity index (χ1v) is 9.19. The van der Waals surface area contributed by atoms with Crippen LogP contribution in [0.2, 0.25) is 0 Å². The number of methoxy groups -OCH3 is 1. The lowest BCUT2D eigenvalue weighted by molar-refractivity contribution is -0.115. The number of nitrogens with two attached hydrogens (primary N) is 1. The zero-order chi connectivity index (χ0) is 18.5. The van der Waals surface area contributed by atoms with E-state index in [1.807, 2.05) is 31.2 Å². The molecule has 3 N–H and O–H groups in total. The molecular formula is C19H20N4O2S. The van der Waals surface area contributed by atoms with Gasteiger partial charge in [-0.05, 0) is 43.3 Å². The largest absolute Gasteiger partial charge is 0.497 e. The molecule has 1 aromatic heterocycles. The lowest BCUT2D eigenvalue weighted by Crippen LogP contribution is -2.22. The summed E-state index contributed by atoms with van der Waals surface area (Å²) in [5, 5.41) is 3.47. The third kappa shape index (κ3) is 4.23. The first kappa shape index (κ1) is 18.0. The van der Waals surface area contributed by atoms with Gasteiger partial charge in [0.05, 0.1) is 23.6 Å². The van der Waals surface area contributed by atoms with Crippen LogP contribution in [-0.2, 0) is 10.5 Å². The lowest BCUT2D eigenvalue weighted by Gasteiger charge is -2.12. The molecule has 0 aliphatic rings. The van der Waals surface area contributed by atoms with Crippen LogP contribution in [-0.4, -0.2) is 28.2 Å². The van der Waals surface area contributed by atoms with Gasteiger partial charge in [0.2, 0.25) is 5.91 Å². The molecule has 0 fully saturated rings. The van der Waals surface area contributed by atoms with E-state index < -0.39 is 0 Å². The van der Waals surface area contributed by atoms with Crippen LogP contribution in [0.3, 0.4) is 0 Å². The summed E-state index contributed by atoms with van der Waals surface area (Å²) in [4.78, 5) is 21.2. The summed E-state index contributed by atoms with van der Waals surface area (Å²) >= 11 is 1.46. The predicted molar refractivity (Wildman–Crippen MR) is 106 cm³/mol. The molecule has 0 saturated heterocycles. The van der Waals surface area contributed by atoms with Crippen LogP contribution in [0.15, 0.2) is 48.5 Å². The van der Waals surface area contributed by atoms with Crippen molar-refractivity contribution in [2.75, 3.05) is 18.2 Å². The van der Waals surface area contributed by atoms with E-state index in [1.54, 1.807) is 31.4 Å². The summed E-state index contributed by atoms with van der Waals surface area (Å²) in [7, 11) is 1.61. The van der Waals surface area contributed by atoms with Gasteiger partial charge < -0.3 is 15.8 Å². The molecule has 0 spiro atoms. The summed E-state index contributed by atoms with van der Waals surface area (Å²) in [6.45, 7) is 1.86. The molecule has 0 aliphatic carbocycles. The quantitative estimate of drug-likeness (QED) is 0.692. The molecule has 3 rings (SSSR count). The van der Waals surface area contributed by atoms with E-state index in [0.29, 0.717) is 17.4 Å². The number of nitrogens with zero attached hydrogens (tertiary/aromatic N) is 2. The van der Waals surface area contributed by atoms with Gasteiger partial charge >= 0.3 is 0 Å². The molecule has 26 heavy (non-hydrogen) atoms. The van der Waals surface area contributed by atoms with E-state index in [-0.39, 0.29) is 11.2 Å². The van der Waals surface area contributed by atoms with Crippen LogP contribution in [0.1, 0.15) is 12.7 Å². The molecule has 7 heteroatoms. The van der Waals surface area contributed by atoms with Gasteiger partial charge in [0.15, 0.2) is 0 Å². The molecule has 1 heterocycles. The Morgan fingerprint density at radius 3 is 2.65 bits per heavy atom. The Kier molecular flexibility index (Phi) is 5.58. The van der Waals surface area contributed by atoms with Gasteiger partial charge in [-0.1, -0.05) is 12.1 Å². The Morgan fingerprint density at radius 2 is 1.92 bits per heavy atom. The van der Waals surface area contributed by atoms with E-state index in [2.05, 4.69) is 15.3 Å². The van der Waals surface area contributed by atoms with Gasteiger partial charge in [0.25, 0.3) is 0 Å². The molecule has 2 aromatic carbocycles. The predicted octanol–water partition coefficient (Wildman–Crippen LogP) is 3.48. The lowest BCUT2D eigenvalue weighted by atomic mass is 10.2. The van der Waals surface area contributed by atoms with Crippen LogP contribution < -0.4 is 15.8 Å². The second kappa shape index (κ2) is 8.05. The van der Waals surface area contributed by atoms with Crippen LogP contribution in [0, 0.1) is 0 Å². The van der Waals surface area contributed by atoms with Crippen molar-refractivity contribution < 1.29 is 9.53 Å². The number of anilines is 2. The first-order valence-electron chi connectivity index (χ1n) is 8.14. The molecular weight excluding hydrogens is 348 g/mol. The minimum absolute atomic E-state index is 0.0751. The van der Waals surface area contributed by atoms with Gasteiger partial charge in [0.1, 0.15) is 17.4 Å². The molecule has 0 radical (unpaired) electrons. The zero-order valence-corrected chi connectivity index (χ0v) is 15.4. The van der Waals surface area contributed by atoms with Crippen LogP contribution in [0.25, 0.3) is 10.9 Å². The number of nitrogen functional groups attached to an aromatic ring is 1. The Labute approximate surface area is 156 Å². The number of hydrogen-bond donors (Lipinski definition) is 2. The maximum atomic E-state index is 12.3. The molecule has 0 saturated carbocycles. The van der Waals surface area contributed by atoms with E-state index in [9.17, 15) is 4.79 Å². The highest BCUT2D eigenvalue weighted by molar-refractivity contribution is 7.99. The number of para-hydroxylation sites is 1. The number of aromatic nitrogens is 2. The van der Waals surface area contributed by atoms with Gasteiger partial charge in [-0.3, -0.25) is 4.79 Å². The molecule has 1 atom stereocenters. The van der Waals surface area contributed by atoms with Crippen LogP contribution >= 0.6 is 11.8 Å². The summed E-state index contributed by atoms with van der Waals surface area (Å²) in [5.41, 5.74) is 7.54. The summed E-state index contributed by atoms with van der Waals surface area (Å²) in [6, 6.07) is 14.8. The van der Waals surface area contributed by atoms with Crippen molar-refractivity contribution in [3.63, 3.8) is 0 Å². The molecule has 0 aliphatic heterocycles. The molecule has 1 amide bonds. The number of carbonyl (C=O) groups is 1. The second-order valence-corrected chi connectivity index (χ2v) is 7.04. The number of benzene rings is 2. The number of thioether (sulfide) groups is 1. The van der Waals surface area contributed by atoms with Gasteiger partial charge in [-0.2, -0.15) is 0 Å². The van der Waals surface area contributed by atoms with Gasteiger partial charge in [-0.25, -0.2) is 9.97 Å². The van der Waals surface area contributed by atoms with E-state index >= 15 is 0 Å². The monoisotopic (exact) mass is 368 g/mol. The van der Waals surface area contributed by atoms with Crippen molar-refractivity contribution in [1.29, 1.82) is 0 Å². The van der Waals surface area contributed by atoms with Crippen molar-refractivity contribution >= 4 is 40.1 Å². The fourth-order valence-electron chi connectivity index (χ4n) is 2.41. The summed E-state index contributed by atoms with van der Waals surface area (Å²) in [6.07, 6.45) is 0. The average Bonchev–Trinajstić information content (AvgIpc) is 2.66. The number of rotatable bonds is 6. The number of hydrogen-bond acceptors (Lipinski definition) is 6. The van der Waals surface area contributed by atoms with E-state index in [4.69, 9.17) is 10.5 Å². The number of nitrogens with one attached hydrogen (secondary N) is 1. The highest BCUT2D eigenvalue weighted by Crippen LogP contribution is 2.22. The Hall–Kier alpha value is -2.80. The summed E-state index contributed by atoms with van der Waals surface area (Å²) < 4.78 is 5.11. The van der Waals surface area contributed by atoms with E-state index in [1.165, 1.54) is 11.8 Å². The number of ether oxygens (including phenoxy) is 1. The molecule has 0 bridgehead atoms. The molecule has 0 unspecified atom stereocenters. The Bertz CT molecular complexity index is 915. The second-order valence-electron chi connectivity index (χ2n) is 5.71. The minimum Gasteiger partial charge on any atom is -0.497 e. The summed E-state index contributed by atoms with van der Waals surface area (Å²) in [5.74, 6) is 2.26. The third-order valence-electron chi connectivity index (χ3n) is 3.87. The topological polar surface area (TPSA) is 90.1 Å². The highest BCUT2D eigenvalue weighted by Gasteiger charge is 2.15. The average molecular weight is 368 g/mol. The maximum Gasteiger partial charge on any atom is 0.237 e. The fraction of sp³-hybridized carbons (Fsp3) is 0.211. The Balaban J connectivity index is 1.60. The molecule has 6 nitrogen and oxygen atoms in total. The number of amides is 1. The highest BCUT2D eigenvalue weighted by atomic mass is 32.2. The van der Waals surface area contributed by atoms with Gasteiger partial charge in [0, 0.05) is 11.1 Å². The standard InChI is InChI=1S/C19H20N4O2S/c1-12(19(24)21-13-7-9-14(25-2)10-8-13)26-11-17-22-16-6-4-3-5-15(16)18(20)23-17/h3-10,12H,11H2,1-2H3,(H,21,24)(H2,20,22,23)/t12-/m1/s1. The molecule has 3 aromatic rings. The van der Waals surface area contributed by atoms with Crippen molar-refractivity contribution in [2.45, 2.75) is 17.9 Å². The maximum absolute atomic E-state index is 12.3. The number of fused-ring (bicyclic) bond motifs is 1. The van der Waals surface area contributed by atoms with Crippen molar-refractivity contribution in [1.82, 2.24) is 9.97 Å². The fourth-order valence-corrected chi connectivity index (χ4v) is 3.15. The SMILES string of the molecule is COc1ccc(NC(=O)[C@@H](C)SCc2nc(N)c3ccccc3n2)cc1.